The van der Waals surface area contributed by atoms with Crippen molar-refractivity contribution in [3.63, 3.8) is 0 Å². The number of rotatable bonds is 3. The summed E-state index contributed by atoms with van der Waals surface area (Å²) >= 11 is 0. The lowest BCUT2D eigenvalue weighted by Gasteiger charge is -2.44. The highest BCUT2D eigenvalue weighted by molar-refractivity contribution is 5.92. The van der Waals surface area contributed by atoms with E-state index in [1.54, 1.807) is 12.1 Å². The molecular weight excluding hydrogens is 324 g/mol. The zero-order chi connectivity index (χ0) is 18.4. The molecule has 0 unspecified atom stereocenters. The fraction of sp³-hybridized carbons (Fsp3) is 0.619. The fourth-order valence-electron chi connectivity index (χ4n) is 4.58. The van der Waals surface area contributed by atoms with Crippen LogP contribution < -0.4 is 11.1 Å². The summed E-state index contributed by atoms with van der Waals surface area (Å²) in [7, 11) is 1.87. The largest absolute Gasteiger partial charge is 0.366 e. The molecule has 0 atom stereocenters. The smallest absolute Gasteiger partial charge is 0.248 e. The molecule has 26 heavy (non-hydrogen) atoms. The van der Waals surface area contributed by atoms with Gasteiger partial charge in [-0.25, -0.2) is 0 Å². The highest BCUT2D eigenvalue weighted by Gasteiger charge is 2.36. The SMILES string of the molecule is CN=C(NCc1ccc(C(N)=O)cc1)N1CCCC2(CCCCCC2)C1. The number of nitrogens with one attached hydrogen (secondary N) is 1. The summed E-state index contributed by atoms with van der Waals surface area (Å²) in [6.07, 6.45) is 10.9. The molecule has 0 bridgehead atoms. The number of primary amides is 1. The number of benzene rings is 1. The average Bonchev–Trinajstić information content (AvgIpc) is 2.88. The summed E-state index contributed by atoms with van der Waals surface area (Å²) in [5.74, 6) is 0.606. The normalized spacial score (nSPS) is 20.7. The Morgan fingerprint density at radius 2 is 1.77 bits per heavy atom. The van der Waals surface area contributed by atoms with Gasteiger partial charge in [0.05, 0.1) is 0 Å². The lowest BCUT2D eigenvalue weighted by atomic mass is 9.74. The minimum Gasteiger partial charge on any atom is -0.366 e. The second kappa shape index (κ2) is 8.56. The van der Waals surface area contributed by atoms with Crippen molar-refractivity contribution in [2.24, 2.45) is 16.1 Å². The maximum atomic E-state index is 11.2. The number of carbonyl (C=O) groups is 1. The van der Waals surface area contributed by atoms with Gasteiger partial charge < -0.3 is 16.0 Å². The van der Waals surface area contributed by atoms with Crippen molar-refractivity contribution >= 4 is 11.9 Å². The number of hydrogen-bond donors (Lipinski definition) is 2. The minimum absolute atomic E-state index is 0.387. The molecule has 3 rings (SSSR count). The summed E-state index contributed by atoms with van der Waals surface area (Å²) < 4.78 is 0. The quantitative estimate of drug-likeness (QED) is 0.645. The van der Waals surface area contributed by atoms with E-state index in [9.17, 15) is 4.79 Å². The Kier molecular flexibility index (Phi) is 6.17. The molecule has 1 heterocycles. The van der Waals surface area contributed by atoms with Gasteiger partial charge in [0.2, 0.25) is 5.91 Å². The molecule has 2 aliphatic rings. The van der Waals surface area contributed by atoms with E-state index in [1.165, 1.54) is 51.4 Å². The van der Waals surface area contributed by atoms with Gasteiger partial charge in [0.15, 0.2) is 5.96 Å². The Morgan fingerprint density at radius 3 is 2.38 bits per heavy atom. The molecule has 1 aliphatic heterocycles. The molecule has 0 aromatic heterocycles. The monoisotopic (exact) mass is 356 g/mol. The van der Waals surface area contributed by atoms with E-state index in [-0.39, 0.29) is 5.91 Å². The van der Waals surface area contributed by atoms with Crippen LogP contribution in [0.2, 0.25) is 0 Å². The van der Waals surface area contributed by atoms with Gasteiger partial charge in [0, 0.05) is 32.2 Å². The van der Waals surface area contributed by atoms with Crippen molar-refractivity contribution in [2.75, 3.05) is 20.1 Å². The van der Waals surface area contributed by atoms with Gasteiger partial charge in [-0.1, -0.05) is 37.8 Å². The molecule has 2 fully saturated rings. The van der Waals surface area contributed by atoms with Crippen molar-refractivity contribution in [1.29, 1.82) is 0 Å². The summed E-state index contributed by atoms with van der Waals surface area (Å²) in [5, 5.41) is 3.50. The highest BCUT2D eigenvalue weighted by Crippen LogP contribution is 2.42. The Labute approximate surface area is 157 Å². The number of nitrogens with two attached hydrogens (primary N) is 1. The Balaban J connectivity index is 1.60. The van der Waals surface area contributed by atoms with Gasteiger partial charge in [-0.2, -0.15) is 0 Å². The van der Waals surface area contributed by atoms with Crippen LogP contribution in [0, 0.1) is 5.41 Å². The van der Waals surface area contributed by atoms with Gasteiger partial charge in [0.1, 0.15) is 0 Å². The number of likely N-dealkylation sites (tertiary alicyclic amines) is 1. The standard InChI is InChI=1S/C21H32N4O/c1-23-20(24-15-17-7-9-18(10-8-17)19(22)26)25-14-6-13-21(16-25)11-4-2-3-5-12-21/h7-10H,2-6,11-16H2,1H3,(H2,22,26)(H,23,24). The maximum Gasteiger partial charge on any atom is 0.248 e. The van der Waals surface area contributed by atoms with E-state index in [1.807, 2.05) is 19.2 Å². The molecule has 5 heteroatoms. The zero-order valence-corrected chi connectivity index (χ0v) is 16.0. The van der Waals surface area contributed by atoms with E-state index < -0.39 is 0 Å². The van der Waals surface area contributed by atoms with Crippen LogP contribution in [0.1, 0.15) is 67.3 Å². The molecule has 1 aromatic rings. The van der Waals surface area contributed by atoms with E-state index in [0.29, 0.717) is 17.5 Å². The maximum absolute atomic E-state index is 11.2. The number of nitrogens with zero attached hydrogens (tertiary/aromatic N) is 2. The minimum atomic E-state index is -0.387. The molecule has 1 spiro atoms. The lowest BCUT2D eigenvalue weighted by Crippen LogP contribution is -2.50. The van der Waals surface area contributed by atoms with Crippen LogP contribution in [-0.4, -0.2) is 36.9 Å². The second-order valence-electron chi connectivity index (χ2n) is 7.90. The molecule has 3 N–H and O–H groups in total. The first-order valence-corrected chi connectivity index (χ1v) is 9.96. The van der Waals surface area contributed by atoms with Gasteiger partial charge in [-0.3, -0.25) is 9.79 Å². The first kappa shape index (κ1) is 18.7. The van der Waals surface area contributed by atoms with Crippen LogP contribution >= 0.6 is 0 Å². The van der Waals surface area contributed by atoms with Crippen LogP contribution in [0.5, 0.6) is 0 Å². The van der Waals surface area contributed by atoms with E-state index >= 15 is 0 Å². The third kappa shape index (κ3) is 4.57. The Hall–Kier alpha value is -2.04. The number of amides is 1. The number of carbonyl (C=O) groups excluding carboxylic acids is 1. The number of hydrogen-bond acceptors (Lipinski definition) is 2. The van der Waals surface area contributed by atoms with Crippen LogP contribution in [0.4, 0.5) is 0 Å². The van der Waals surface area contributed by atoms with E-state index in [2.05, 4.69) is 15.2 Å². The van der Waals surface area contributed by atoms with Gasteiger partial charge in [-0.15, -0.1) is 0 Å². The summed E-state index contributed by atoms with van der Waals surface area (Å²) in [5.41, 5.74) is 7.47. The molecule has 0 radical (unpaired) electrons. The van der Waals surface area contributed by atoms with Crippen LogP contribution in [0.15, 0.2) is 29.3 Å². The molecule has 1 saturated carbocycles. The van der Waals surface area contributed by atoms with Crippen LogP contribution in [0.3, 0.4) is 0 Å². The lowest BCUT2D eigenvalue weighted by molar-refractivity contribution is 0.100. The molecule has 1 saturated heterocycles. The van der Waals surface area contributed by atoms with Gasteiger partial charge in [-0.05, 0) is 48.8 Å². The van der Waals surface area contributed by atoms with Crippen molar-refractivity contribution < 1.29 is 4.79 Å². The van der Waals surface area contributed by atoms with Crippen molar-refractivity contribution in [2.45, 2.75) is 57.9 Å². The fourth-order valence-corrected chi connectivity index (χ4v) is 4.58. The van der Waals surface area contributed by atoms with Gasteiger partial charge in [0.25, 0.3) is 0 Å². The third-order valence-corrected chi connectivity index (χ3v) is 6.03. The topological polar surface area (TPSA) is 70.7 Å². The van der Waals surface area contributed by atoms with Crippen molar-refractivity contribution in [3.8, 4) is 0 Å². The van der Waals surface area contributed by atoms with Crippen LogP contribution in [0.25, 0.3) is 0 Å². The molecule has 5 nitrogen and oxygen atoms in total. The summed E-state index contributed by atoms with van der Waals surface area (Å²) in [4.78, 5) is 18.2. The number of piperidine rings is 1. The molecular formula is C21H32N4O. The average molecular weight is 357 g/mol. The Morgan fingerprint density at radius 1 is 1.12 bits per heavy atom. The molecule has 1 amide bonds. The third-order valence-electron chi connectivity index (χ3n) is 6.03. The van der Waals surface area contributed by atoms with Crippen molar-refractivity contribution in [3.05, 3.63) is 35.4 Å². The number of aliphatic imine (C=N–C) groups is 1. The second-order valence-corrected chi connectivity index (χ2v) is 7.90. The summed E-state index contributed by atoms with van der Waals surface area (Å²) in [6, 6.07) is 7.46. The van der Waals surface area contributed by atoms with Gasteiger partial charge >= 0.3 is 0 Å². The van der Waals surface area contributed by atoms with Crippen LogP contribution in [-0.2, 0) is 6.54 Å². The first-order valence-electron chi connectivity index (χ1n) is 9.96. The van der Waals surface area contributed by atoms with Crippen molar-refractivity contribution in [1.82, 2.24) is 10.2 Å². The predicted molar refractivity (Wildman–Crippen MR) is 106 cm³/mol. The number of guanidine groups is 1. The highest BCUT2D eigenvalue weighted by atomic mass is 16.1. The van der Waals surface area contributed by atoms with E-state index in [0.717, 1.165) is 24.6 Å². The molecule has 142 valence electrons. The Bertz CT molecular complexity index is 630. The first-order chi connectivity index (χ1) is 12.6. The molecule has 1 aliphatic carbocycles. The molecule has 1 aromatic carbocycles. The zero-order valence-electron chi connectivity index (χ0n) is 16.0. The predicted octanol–water partition coefficient (Wildman–Crippen LogP) is 3.30. The summed E-state index contributed by atoms with van der Waals surface area (Å²) in [6.45, 7) is 2.92. The van der Waals surface area contributed by atoms with E-state index in [4.69, 9.17) is 5.73 Å².